The maximum Gasteiger partial charge on any atom is 0.411 e. The van der Waals surface area contributed by atoms with Gasteiger partial charge in [-0.3, -0.25) is 4.90 Å². The van der Waals surface area contributed by atoms with Gasteiger partial charge in [-0.05, 0) is 62.7 Å². The van der Waals surface area contributed by atoms with Gasteiger partial charge in [0.05, 0.1) is 38.8 Å². The Morgan fingerprint density at radius 2 is 2.05 bits per heavy atom. The molecule has 2 aromatic heterocycles. The molecule has 1 aliphatic rings. The lowest BCUT2D eigenvalue weighted by Gasteiger charge is -2.26. The summed E-state index contributed by atoms with van der Waals surface area (Å²) in [6.45, 7) is 6.13. The van der Waals surface area contributed by atoms with Gasteiger partial charge in [0.25, 0.3) is 0 Å². The zero-order chi connectivity index (χ0) is 29.9. The van der Waals surface area contributed by atoms with Crippen LogP contribution in [0.3, 0.4) is 0 Å². The van der Waals surface area contributed by atoms with Crippen molar-refractivity contribution >= 4 is 50.8 Å². The molecule has 1 N–H and O–H groups in total. The van der Waals surface area contributed by atoms with Crippen molar-refractivity contribution in [1.82, 2.24) is 14.9 Å². The number of carbonyl (C=O) groups excluding carboxylic acids is 1. The van der Waals surface area contributed by atoms with Crippen molar-refractivity contribution in [3.05, 3.63) is 76.1 Å². The molecule has 1 aliphatic heterocycles. The second-order valence-corrected chi connectivity index (χ2v) is 12.2. The van der Waals surface area contributed by atoms with Crippen LogP contribution in [0.25, 0.3) is 10.2 Å². The summed E-state index contributed by atoms with van der Waals surface area (Å²) in [6.07, 6.45) is 1.57. The lowest BCUT2D eigenvalue weighted by atomic mass is 10.2. The third-order valence-electron chi connectivity index (χ3n) is 6.38. The first kappa shape index (κ1) is 29.6. The van der Waals surface area contributed by atoms with Gasteiger partial charge in [-0.1, -0.05) is 35.6 Å². The van der Waals surface area contributed by atoms with E-state index >= 15 is 0 Å². The summed E-state index contributed by atoms with van der Waals surface area (Å²) >= 11 is 7.93. The van der Waals surface area contributed by atoms with Gasteiger partial charge >= 0.3 is 6.09 Å². The predicted molar refractivity (Wildman–Crippen MR) is 162 cm³/mol. The molecule has 218 valence electrons. The number of aromatic nitrogens is 2. The van der Waals surface area contributed by atoms with Crippen molar-refractivity contribution in [3.8, 4) is 17.6 Å². The Balaban J connectivity index is 1.30. The van der Waals surface area contributed by atoms with Crippen LogP contribution in [0.15, 0.2) is 54.9 Å². The van der Waals surface area contributed by atoms with E-state index in [2.05, 4.69) is 27.1 Å². The van der Waals surface area contributed by atoms with Crippen molar-refractivity contribution in [2.45, 2.75) is 51.5 Å². The maximum atomic E-state index is 13.4. The number of ether oxygens (including phenoxy) is 3. The number of carbonyl (C=O) groups is 1. The van der Waals surface area contributed by atoms with Crippen molar-refractivity contribution in [2.24, 2.45) is 0 Å². The highest BCUT2D eigenvalue weighted by molar-refractivity contribution is 7.20. The van der Waals surface area contributed by atoms with Crippen molar-refractivity contribution in [2.75, 3.05) is 19.0 Å². The standard InChI is InChI=1S/C31H30ClFN4O4S/c1-31(2,3)41-30(38)37-16-23(39-4)14-22(37)9-10-24-15-26-28(42-24)29(35-18-34-26)36-21-8-11-27(25(32)13-21)40-17-19-6-5-7-20(33)12-19/h5-8,11-13,15,18,22-23H,14,16-17H2,1-4H3,(H,34,35,36)/t22-,23-/m1/s1. The zero-order valence-electron chi connectivity index (χ0n) is 23.6. The summed E-state index contributed by atoms with van der Waals surface area (Å²) in [6, 6.07) is 13.1. The first-order valence-corrected chi connectivity index (χ1v) is 14.5. The predicted octanol–water partition coefficient (Wildman–Crippen LogP) is 7.18. The Hall–Kier alpha value is -3.91. The van der Waals surface area contributed by atoms with E-state index in [0.29, 0.717) is 40.8 Å². The van der Waals surface area contributed by atoms with Gasteiger partial charge in [-0.25, -0.2) is 19.2 Å². The number of hydrogen-bond acceptors (Lipinski definition) is 8. The molecule has 0 spiro atoms. The molecule has 42 heavy (non-hydrogen) atoms. The normalized spacial score (nSPS) is 16.7. The second-order valence-electron chi connectivity index (χ2n) is 10.7. The fourth-order valence-electron chi connectivity index (χ4n) is 4.41. The molecule has 1 saturated heterocycles. The maximum absolute atomic E-state index is 13.4. The molecule has 5 rings (SSSR count). The van der Waals surface area contributed by atoms with E-state index in [9.17, 15) is 9.18 Å². The number of amides is 1. The fraction of sp³-hybridized carbons (Fsp3) is 0.323. The average molecular weight is 609 g/mol. The Morgan fingerprint density at radius 1 is 1.21 bits per heavy atom. The molecule has 0 bridgehead atoms. The number of nitrogens with zero attached hydrogens (tertiary/aromatic N) is 3. The number of halogens is 2. The summed E-state index contributed by atoms with van der Waals surface area (Å²) < 4.78 is 31.1. The van der Waals surface area contributed by atoms with Crippen LogP contribution in [0.2, 0.25) is 5.02 Å². The summed E-state index contributed by atoms with van der Waals surface area (Å²) in [4.78, 5) is 24.0. The van der Waals surface area contributed by atoms with E-state index in [1.54, 1.807) is 36.3 Å². The van der Waals surface area contributed by atoms with Crippen LogP contribution in [0, 0.1) is 17.7 Å². The first-order chi connectivity index (χ1) is 20.1. The third-order valence-corrected chi connectivity index (χ3v) is 7.72. The van der Waals surface area contributed by atoms with Crippen molar-refractivity contribution < 1.29 is 23.4 Å². The number of methoxy groups -OCH3 is 1. The van der Waals surface area contributed by atoms with Crippen LogP contribution in [0.1, 0.15) is 37.6 Å². The lowest BCUT2D eigenvalue weighted by Crippen LogP contribution is -2.39. The molecule has 0 radical (unpaired) electrons. The smallest absolute Gasteiger partial charge is 0.411 e. The van der Waals surface area contributed by atoms with Gasteiger partial charge < -0.3 is 19.5 Å². The van der Waals surface area contributed by atoms with Crippen LogP contribution in [-0.2, 0) is 16.1 Å². The molecule has 4 aromatic rings. The Morgan fingerprint density at radius 3 is 2.79 bits per heavy atom. The molecule has 1 fully saturated rings. The molecule has 0 aliphatic carbocycles. The van der Waals surface area contributed by atoms with Gasteiger partial charge in [0.2, 0.25) is 0 Å². The molecule has 0 unspecified atom stereocenters. The van der Waals surface area contributed by atoms with E-state index in [-0.39, 0.29) is 24.6 Å². The van der Waals surface area contributed by atoms with Gasteiger partial charge in [-0.2, -0.15) is 0 Å². The lowest BCUT2D eigenvalue weighted by molar-refractivity contribution is 0.0225. The quantitative estimate of drug-likeness (QED) is 0.232. The minimum absolute atomic E-state index is 0.106. The topological polar surface area (TPSA) is 85.8 Å². The average Bonchev–Trinajstić information content (AvgIpc) is 3.55. The summed E-state index contributed by atoms with van der Waals surface area (Å²) in [5, 5.41) is 3.70. The van der Waals surface area contributed by atoms with Crippen LogP contribution >= 0.6 is 22.9 Å². The summed E-state index contributed by atoms with van der Waals surface area (Å²) in [7, 11) is 1.63. The van der Waals surface area contributed by atoms with E-state index < -0.39 is 11.7 Å². The summed E-state index contributed by atoms with van der Waals surface area (Å²) in [5.74, 6) is 7.22. The number of likely N-dealkylation sites (tertiary alicyclic amines) is 1. The van der Waals surface area contributed by atoms with Gasteiger partial charge in [0, 0.05) is 19.2 Å². The number of fused-ring (bicyclic) bond motifs is 1. The Kier molecular flexibility index (Phi) is 8.82. The number of anilines is 2. The third kappa shape index (κ3) is 7.29. The number of benzene rings is 2. The number of thiophene rings is 1. The minimum Gasteiger partial charge on any atom is -0.487 e. The highest BCUT2D eigenvalue weighted by Gasteiger charge is 2.36. The second kappa shape index (κ2) is 12.5. The van der Waals surface area contributed by atoms with Crippen LogP contribution < -0.4 is 10.1 Å². The number of rotatable bonds is 6. The number of nitrogens with one attached hydrogen (secondary N) is 1. The van der Waals surface area contributed by atoms with E-state index in [1.165, 1.54) is 29.8 Å². The van der Waals surface area contributed by atoms with E-state index in [4.69, 9.17) is 25.8 Å². The highest BCUT2D eigenvalue weighted by Crippen LogP contribution is 2.34. The molecular formula is C31H30ClFN4O4S. The Labute approximate surface area is 252 Å². The van der Waals surface area contributed by atoms with E-state index in [1.807, 2.05) is 32.9 Å². The largest absolute Gasteiger partial charge is 0.487 e. The van der Waals surface area contributed by atoms with Gasteiger partial charge in [0.1, 0.15) is 30.1 Å². The highest BCUT2D eigenvalue weighted by atomic mass is 35.5. The SMILES string of the molecule is CO[C@@H]1C[C@@H](C#Cc2cc3ncnc(Nc4ccc(OCc5cccc(F)c5)c(Cl)c4)c3s2)N(C(=O)OC(C)(C)C)C1. The monoisotopic (exact) mass is 608 g/mol. The summed E-state index contributed by atoms with van der Waals surface area (Å²) in [5.41, 5.74) is 1.56. The van der Waals surface area contributed by atoms with Crippen molar-refractivity contribution in [3.63, 3.8) is 0 Å². The zero-order valence-corrected chi connectivity index (χ0v) is 25.2. The van der Waals surface area contributed by atoms with Crippen LogP contribution in [0.5, 0.6) is 5.75 Å². The van der Waals surface area contributed by atoms with Crippen LogP contribution in [0.4, 0.5) is 20.7 Å². The van der Waals surface area contributed by atoms with Gasteiger partial charge in [-0.15, -0.1) is 11.3 Å². The molecule has 2 aromatic carbocycles. The molecule has 1 amide bonds. The molecular weight excluding hydrogens is 579 g/mol. The van der Waals surface area contributed by atoms with E-state index in [0.717, 1.165) is 15.1 Å². The van der Waals surface area contributed by atoms with Crippen molar-refractivity contribution in [1.29, 1.82) is 0 Å². The Bertz CT molecular complexity index is 1660. The first-order valence-electron chi connectivity index (χ1n) is 13.3. The molecule has 0 saturated carbocycles. The molecule has 3 heterocycles. The minimum atomic E-state index is -0.603. The fourth-order valence-corrected chi connectivity index (χ4v) is 5.56. The molecule has 2 atom stereocenters. The van der Waals surface area contributed by atoms with Crippen LogP contribution in [-0.4, -0.2) is 52.4 Å². The molecule has 11 heteroatoms. The molecule has 8 nitrogen and oxygen atoms in total. The number of hydrogen-bond donors (Lipinski definition) is 1. The van der Waals surface area contributed by atoms with Gasteiger partial charge in [0.15, 0.2) is 5.82 Å².